The van der Waals surface area contributed by atoms with E-state index in [4.69, 9.17) is 5.73 Å². The molecule has 100 valence electrons. The first kappa shape index (κ1) is 12.4. The SMILES string of the molecule is NCCc1cncc(-n2nnc(-c3ccccc3)n2)c1. The van der Waals surface area contributed by atoms with Crippen LogP contribution in [-0.2, 0) is 6.42 Å². The molecule has 2 aromatic heterocycles. The summed E-state index contributed by atoms with van der Waals surface area (Å²) < 4.78 is 0. The Hall–Kier alpha value is -2.60. The third kappa shape index (κ3) is 2.55. The fraction of sp³-hybridized carbons (Fsp3) is 0.143. The summed E-state index contributed by atoms with van der Waals surface area (Å²) in [5.41, 5.74) is 8.33. The molecule has 0 atom stereocenters. The van der Waals surface area contributed by atoms with Crippen molar-refractivity contribution >= 4 is 0 Å². The van der Waals surface area contributed by atoms with Crippen molar-refractivity contribution in [2.45, 2.75) is 6.42 Å². The van der Waals surface area contributed by atoms with E-state index in [1.165, 1.54) is 4.80 Å². The Kier molecular flexibility index (Phi) is 3.47. The van der Waals surface area contributed by atoms with Crippen LogP contribution in [0.1, 0.15) is 5.56 Å². The molecule has 2 heterocycles. The first-order chi connectivity index (χ1) is 9.86. The summed E-state index contributed by atoms with van der Waals surface area (Å²) in [6.07, 6.45) is 4.28. The summed E-state index contributed by atoms with van der Waals surface area (Å²) in [7, 11) is 0. The van der Waals surface area contributed by atoms with Gasteiger partial charge in [-0.15, -0.1) is 15.0 Å². The minimum Gasteiger partial charge on any atom is -0.330 e. The van der Waals surface area contributed by atoms with Crippen molar-refractivity contribution < 1.29 is 0 Å². The van der Waals surface area contributed by atoms with Gasteiger partial charge in [-0.25, -0.2) is 0 Å². The maximum Gasteiger partial charge on any atom is 0.205 e. The highest BCUT2D eigenvalue weighted by molar-refractivity contribution is 5.53. The minimum absolute atomic E-state index is 0.588. The lowest BCUT2D eigenvalue weighted by atomic mass is 10.2. The Labute approximate surface area is 116 Å². The first-order valence-electron chi connectivity index (χ1n) is 6.36. The largest absolute Gasteiger partial charge is 0.330 e. The standard InChI is InChI=1S/C14H14N6/c15-7-6-11-8-13(10-16-9-11)20-18-14(17-19-20)12-4-2-1-3-5-12/h1-5,8-10H,6-7,15H2. The van der Waals surface area contributed by atoms with E-state index in [2.05, 4.69) is 20.4 Å². The smallest absolute Gasteiger partial charge is 0.205 e. The summed E-state index contributed by atoms with van der Waals surface area (Å²) in [5.74, 6) is 0.592. The second-order valence-corrected chi connectivity index (χ2v) is 4.36. The molecule has 6 nitrogen and oxygen atoms in total. The van der Waals surface area contributed by atoms with Crippen LogP contribution in [0.25, 0.3) is 17.1 Å². The zero-order chi connectivity index (χ0) is 13.8. The van der Waals surface area contributed by atoms with Crippen LogP contribution in [0.4, 0.5) is 0 Å². The molecule has 20 heavy (non-hydrogen) atoms. The van der Waals surface area contributed by atoms with Crippen LogP contribution < -0.4 is 5.73 Å². The Morgan fingerprint density at radius 2 is 1.95 bits per heavy atom. The number of nitrogens with two attached hydrogens (primary N) is 1. The number of rotatable bonds is 4. The van der Waals surface area contributed by atoms with Gasteiger partial charge in [0.25, 0.3) is 0 Å². The highest BCUT2D eigenvalue weighted by Gasteiger charge is 2.07. The maximum atomic E-state index is 5.55. The summed E-state index contributed by atoms with van der Waals surface area (Å²) in [4.78, 5) is 5.66. The molecule has 0 fully saturated rings. The van der Waals surface area contributed by atoms with E-state index in [1.807, 2.05) is 36.4 Å². The normalized spacial score (nSPS) is 10.7. The van der Waals surface area contributed by atoms with Crippen molar-refractivity contribution in [3.8, 4) is 17.1 Å². The molecule has 0 spiro atoms. The van der Waals surface area contributed by atoms with Crippen molar-refractivity contribution in [3.05, 3.63) is 54.4 Å². The second-order valence-electron chi connectivity index (χ2n) is 4.36. The van der Waals surface area contributed by atoms with Gasteiger partial charge in [0, 0.05) is 11.8 Å². The molecule has 0 bridgehead atoms. The molecule has 0 amide bonds. The van der Waals surface area contributed by atoms with Crippen LogP contribution in [0.15, 0.2) is 48.8 Å². The molecule has 6 heteroatoms. The van der Waals surface area contributed by atoms with Gasteiger partial charge in [-0.1, -0.05) is 30.3 Å². The molecular weight excluding hydrogens is 252 g/mol. The number of aromatic nitrogens is 5. The monoisotopic (exact) mass is 266 g/mol. The number of hydrogen-bond donors (Lipinski definition) is 1. The molecule has 2 N–H and O–H groups in total. The van der Waals surface area contributed by atoms with Gasteiger partial charge in [-0.2, -0.15) is 0 Å². The first-order valence-corrected chi connectivity index (χ1v) is 6.36. The molecule has 0 aliphatic rings. The van der Waals surface area contributed by atoms with Gasteiger partial charge >= 0.3 is 0 Å². The Bertz CT molecular complexity index is 692. The minimum atomic E-state index is 0.588. The van der Waals surface area contributed by atoms with Crippen molar-refractivity contribution in [1.29, 1.82) is 0 Å². The molecule has 1 aromatic carbocycles. The van der Waals surface area contributed by atoms with E-state index in [0.717, 1.165) is 23.2 Å². The van der Waals surface area contributed by atoms with E-state index < -0.39 is 0 Å². The van der Waals surface area contributed by atoms with Crippen LogP contribution in [0.2, 0.25) is 0 Å². The fourth-order valence-corrected chi connectivity index (χ4v) is 1.91. The van der Waals surface area contributed by atoms with Gasteiger partial charge in [0.15, 0.2) is 0 Å². The quantitative estimate of drug-likeness (QED) is 0.768. The lowest BCUT2D eigenvalue weighted by Crippen LogP contribution is -2.05. The third-order valence-electron chi connectivity index (χ3n) is 2.89. The number of tetrazole rings is 1. The van der Waals surface area contributed by atoms with Crippen LogP contribution >= 0.6 is 0 Å². The van der Waals surface area contributed by atoms with Gasteiger partial charge in [0.1, 0.15) is 5.69 Å². The van der Waals surface area contributed by atoms with Gasteiger partial charge in [0.05, 0.1) is 6.20 Å². The summed E-state index contributed by atoms with van der Waals surface area (Å²) >= 11 is 0. The van der Waals surface area contributed by atoms with Crippen LogP contribution in [0.3, 0.4) is 0 Å². The van der Waals surface area contributed by atoms with Crippen molar-refractivity contribution in [2.75, 3.05) is 6.54 Å². The molecule has 0 aliphatic heterocycles. The highest BCUT2D eigenvalue weighted by atomic mass is 15.6. The predicted molar refractivity (Wildman–Crippen MR) is 75.1 cm³/mol. The second kappa shape index (κ2) is 5.58. The number of hydrogen-bond acceptors (Lipinski definition) is 5. The summed E-state index contributed by atoms with van der Waals surface area (Å²) in [5, 5.41) is 12.5. The Morgan fingerprint density at radius 1 is 1.10 bits per heavy atom. The van der Waals surface area contributed by atoms with Gasteiger partial charge in [0.2, 0.25) is 5.82 Å². The topological polar surface area (TPSA) is 82.5 Å². The van der Waals surface area contributed by atoms with Crippen molar-refractivity contribution in [3.63, 3.8) is 0 Å². The lowest BCUT2D eigenvalue weighted by molar-refractivity contribution is 0.715. The van der Waals surface area contributed by atoms with Crippen molar-refractivity contribution in [1.82, 2.24) is 25.2 Å². The lowest BCUT2D eigenvalue weighted by Gasteiger charge is -2.01. The van der Waals surface area contributed by atoms with Gasteiger partial charge in [-0.3, -0.25) is 4.98 Å². The van der Waals surface area contributed by atoms with E-state index in [-0.39, 0.29) is 0 Å². The molecule has 0 saturated heterocycles. The van der Waals surface area contributed by atoms with E-state index in [9.17, 15) is 0 Å². The Balaban J connectivity index is 1.92. The molecule has 3 aromatic rings. The van der Waals surface area contributed by atoms with E-state index in [0.29, 0.717) is 12.4 Å². The number of benzene rings is 1. The zero-order valence-electron chi connectivity index (χ0n) is 10.8. The van der Waals surface area contributed by atoms with E-state index >= 15 is 0 Å². The Morgan fingerprint density at radius 3 is 2.75 bits per heavy atom. The molecule has 0 aliphatic carbocycles. The number of nitrogens with zero attached hydrogens (tertiary/aromatic N) is 5. The fourth-order valence-electron chi connectivity index (χ4n) is 1.91. The highest BCUT2D eigenvalue weighted by Crippen LogP contribution is 2.14. The van der Waals surface area contributed by atoms with Crippen LogP contribution in [-0.4, -0.2) is 31.7 Å². The summed E-state index contributed by atoms with van der Waals surface area (Å²) in [6.45, 7) is 0.588. The van der Waals surface area contributed by atoms with E-state index in [1.54, 1.807) is 12.4 Å². The van der Waals surface area contributed by atoms with Gasteiger partial charge in [-0.05, 0) is 29.8 Å². The summed E-state index contributed by atoms with van der Waals surface area (Å²) in [6, 6.07) is 11.7. The predicted octanol–water partition coefficient (Wildman–Crippen LogP) is 1.23. The molecule has 0 radical (unpaired) electrons. The molecule has 0 unspecified atom stereocenters. The maximum absolute atomic E-state index is 5.55. The average molecular weight is 266 g/mol. The molecule has 0 saturated carbocycles. The van der Waals surface area contributed by atoms with Crippen LogP contribution in [0.5, 0.6) is 0 Å². The zero-order valence-corrected chi connectivity index (χ0v) is 10.8. The number of pyridine rings is 1. The van der Waals surface area contributed by atoms with Crippen molar-refractivity contribution in [2.24, 2.45) is 5.73 Å². The third-order valence-corrected chi connectivity index (χ3v) is 2.89. The molecular formula is C14H14N6. The average Bonchev–Trinajstić information content (AvgIpc) is 2.99. The van der Waals surface area contributed by atoms with Gasteiger partial charge < -0.3 is 5.73 Å². The van der Waals surface area contributed by atoms with Crippen LogP contribution in [0, 0.1) is 0 Å². The molecule has 3 rings (SSSR count).